The number of aromatic nitrogens is 2. The number of nitrogens with one attached hydrogen (secondary N) is 2. The number of amides is 1. The van der Waals surface area contributed by atoms with Crippen molar-refractivity contribution < 1.29 is 4.79 Å². The van der Waals surface area contributed by atoms with Crippen molar-refractivity contribution in [2.75, 3.05) is 5.32 Å². The van der Waals surface area contributed by atoms with Gasteiger partial charge in [-0.3, -0.25) is 4.79 Å². The molecule has 4 saturated carbocycles. The standard InChI is InChI=1S/C20H24N4OS/c1-13-3-2-4-16(22-13)17(25)23-19-8-14-7-15(9-19)11-20(10-14,12-19)24-18-21-5-6-26-18/h2-6,14-15H,7-12H2,1H3,(H,21,24)(H,23,25). The number of aryl methyl sites for hydroxylation is 1. The maximum Gasteiger partial charge on any atom is 0.270 e. The molecule has 2 heterocycles. The van der Waals surface area contributed by atoms with Crippen LogP contribution in [0.3, 0.4) is 0 Å². The van der Waals surface area contributed by atoms with E-state index in [1.165, 1.54) is 19.3 Å². The van der Waals surface area contributed by atoms with Crippen LogP contribution in [-0.2, 0) is 0 Å². The quantitative estimate of drug-likeness (QED) is 0.862. The smallest absolute Gasteiger partial charge is 0.270 e. The monoisotopic (exact) mass is 368 g/mol. The number of rotatable bonds is 4. The summed E-state index contributed by atoms with van der Waals surface area (Å²) in [4.78, 5) is 21.8. The lowest BCUT2D eigenvalue weighted by Crippen LogP contribution is -2.67. The molecule has 26 heavy (non-hydrogen) atoms. The summed E-state index contributed by atoms with van der Waals surface area (Å²) in [6.07, 6.45) is 8.75. The molecule has 4 aliphatic carbocycles. The molecule has 2 N–H and O–H groups in total. The number of carbonyl (C=O) groups excluding carboxylic acids is 1. The molecule has 1 amide bonds. The Hall–Kier alpha value is -1.95. The van der Waals surface area contributed by atoms with Gasteiger partial charge in [-0.2, -0.15) is 0 Å². The lowest BCUT2D eigenvalue weighted by Gasteiger charge is -2.62. The van der Waals surface area contributed by atoms with Gasteiger partial charge in [0.25, 0.3) is 5.91 Å². The minimum absolute atomic E-state index is 0.0277. The molecule has 2 aromatic rings. The summed E-state index contributed by atoms with van der Waals surface area (Å²) >= 11 is 1.66. The van der Waals surface area contributed by atoms with E-state index in [1.807, 2.05) is 36.7 Å². The van der Waals surface area contributed by atoms with E-state index < -0.39 is 0 Å². The second-order valence-corrected chi connectivity index (χ2v) is 9.50. The van der Waals surface area contributed by atoms with E-state index in [0.717, 1.165) is 30.1 Å². The molecule has 0 aliphatic heterocycles. The molecule has 4 aliphatic rings. The van der Waals surface area contributed by atoms with Gasteiger partial charge in [0.05, 0.1) is 0 Å². The number of carbonyl (C=O) groups is 1. The van der Waals surface area contributed by atoms with Crippen molar-refractivity contribution in [1.82, 2.24) is 15.3 Å². The zero-order valence-corrected chi connectivity index (χ0v) is 15.8. The number of anilines is 1. The molecule has 0 radical (unpaired) electrons. The predicted molar refractivity (Wildman–Crippen MR) is 102 cm³/mol. The van der Waals surface area contributed by atoms with E-state index >= 15 is 0 Å². The molecule has 2 atom stereocenters. The molecule has 4 fully saturated rings. The van der Waals surface area contributed by atoms with Crippen LogP contribution in [0.15, 0.2) is 29.8 Å². The second-order valence-electron chi connectivity index (χ2n) is 8.60. The Balaban J connectivity index is 1.41. The Morgan fingerprint density at radius 2 is 1.96 bits per heavy atom. The highest BCUT2D eigenvalue weighted by atomic mass is 32.1. The van der Waals surface area contributed by atoms with Crippen LogP contribution in [0.25, 0.3) is 0 Å². The Morgan fingerprint density at radius 1 is 1.19 bits per heavy atom. The van der Waals surface area contributed by atoms with Crippen LogP contribution in [0.5, 0.6) is 0 Å². The zero-order chi connectivity index (χ0) is 17.8. The van der Waals surface area contributed by atoms with Crippen molar-refractivity contribution in [2.45, 2.75) is 56.5 Å². The van der Waals surface area contributed by atoms with Crippen molar-refractivity contribution in [1.29, 1.82) is 0 Å². The summed E-state index contributed by atoms with van der Waals surface area (Å²) < 4.78 is 0. The molecule has 6 heteroatoms. The average Bonchev–Trinajstić information content (AvgIpc) is 3.05. The van der Waals surface area contributed by atoms with Gasteiger partial charge in [-0.05, 0) is 69.4 Å². The molecule has 2 unspecified atom stereocenters. The van der Waals surface area contributed by atoms with Gasteiger partial charge in [0.2, 0.25) is 0 Å². The van der Waals surface area contributed by atoms with E-state index in [0.29, 0.717) is 17.5 Å². The Bertz CT molecular complexity index is 820. The van der Waals surface area contributed by atoms with Gasteiger partial charge in [0.15, 0.2) is 5.13 Å². The summed E-state index contributed by atoms with van der Waals surface area (Å²) in [5.74, 6) is 1.35. The van der Waals surface area contributed by atoms with E-state index in [4.69, 9.17) is 0 Å². The SMILES string of the molecule is Cc1cccc(C(=O)NC23CC4CC(C2)CC(Nc2nccs2)(C4)C3)n1. The molecular formula is C20H24N4OS. The first-order valence-corrected chi connectivity index (χ1v) is 10.4. The first-order valence-electron chi connectivity index (χ1n) is 9.47. The van der Waals surface area contributed by atoms with Crippen molar-refractivity contribution >= 4 is 22.4 Å². The number of hydrogen-bond acceptors (Lipinski definition) is 5. The highest BCUT2D eigenvalue weighted by molar-refractivity contribution is 7.13. The fourth-order valence-electron chi connectivity index (χ4n) is 6.04. The summed E-state index contributed by atoms with van der Waals surface area (Å²) in [6.45, 7) is 1.93. The number of nitrogens with zero attached hydrogens (tertiary/aromatic N) is 2. The highest BCUT2D eigenvalue weighted by Gasteiger charge is 2.58. The largest absolute Gasteiger partial charge is 0.356 e. The van der Waals surface area contributed by atoms with Crippen LogP contribution in [0.2, 0.25) is 0 Å². The van der Waals surface area contributed by atoms with Gasteiger partial charge < -0.3 is 10.6 Å². The first-order chi connectivity index (χ1) is 12.5. The summed E-state index contributed by atoms with van der Waals surface area (Å²) in [5, 5.41) is 10.2. The molecule has 6 rings (SSSR count). The zero-order valence-electron chi connectivity index (χ0n) is 15.0. The van der Waals surface area contributed by atoms with Crippen LogP contribution in [0, 0.1) is 18.8 Å². The van der Waals surface area contributed by atoms with Gasteiger partial charge in [-0.25, -0.2) is 9.97 Å². The fraction of sp³-hybridized carbons (Fsp3) is 0.550. The van der Waals surface area contributed by atoms with Crippen molar-refractivity contribution in [3.8, 4) is 0 Å². The molecule has 2 aromatic heterocycles. The van der Waals surface area contributed by atoms with E-state index in [2.05, 4.69) is 20.6 Å². The average molecular weight is 369 g/mol. The van der Waals surface area contributed by atoms with E-state index in [1.54, 1.807) is 11.3 Å². The number of hydrogen-bond donors (Lipinski definition) is 2. The van der Waals surface area contributed by atoms with Crippen LogP contribution in [0.1, 0.15) is 54.7 Å². The van der Waals surface area contributed by atoms with Gasteiger partial charge in [-0.1, -0.05) is 6.07 Å². The van der Waals surface area contributed by atoms with Gasteiger partial charge in [-0.15, -0.1) is 11.3 Å². The third kappa shape index (κ3) is 2.80. The predicted octanol–water partition coefficient (Wildman–Crippen LogP) is 3.78. The number of thiazole rings is 1. The van der Waals surface area contributed by atoms with E-state index in [9.17, 15) is 4.79 Å². The number of pyridine rings is 1. The minimum Gasteiger partial charge on any atom is -0.356 e. The molecule has 0 aromatic carbocycles. The third-order valence-electron chi connectivity index (χ3n) is 6.37. The van der Waals surface area contributed by atoms with Crippen molar-refractivity contribution in [3.63, 3.8) is 0 Å². The fourth-order valence-corrected chi connectivity index (χ4v) is 6.69. The van der Waals surface area contributed by atoms with E-state index in [-0.39, 0.29) is 17.0 Å². The normalized spacial score (nSPS) is 34.7. The maximum absolute atomic E-state index is 12.9. The summed E-state index contributed by atoms with van der Waals surface area (Å²) in [6, 6.07) is 5.64. The third-order valence-corrected chi connectivity index (χ3v) is 7.05. The highest BCUT2D eigenvalue weighted by Crippen LogP contribution is 2.58. The molecule has 4 bridgehead atoms. The lowest BCUT2D eigenvalue weighted by molar-refractivity contribution is -0.0237. The second kappa shape index (κ2) is 5.78. The Morgan fingerprint density at radius 3 is 2.65 bits per heavy atom. The topological polar surface area (TPSA) is 66.9 Å². The van der Waals surface area contributed by atoms with Crippen LogP contribution >= 0.6 is 11.3 Å². The van der Waals surface area contributed by atoms with Crippen molar-refractivity contribution in [3.05, 3.63) is 41.2 Å². The molecule has 5 nitrogen and oxygen atoms in total. The van der Waals surface area contributed by atoms with Gasteiger partial charge in [0.1, 0.15) is 5.69 Å². The Kier molecular flexibility index (Phi) is 3.61. The summed E-state index contributed by atoms with van der Waals surface area (Å²) in [5.41, 5.74) is 1.39. The maximum atomic E-state index is 12.9. The Labute approximate surface area is 157 Å². The molecule has 0 spiro atoms. The lowest BCUT2D eigenvalue weighted by atomic mass is 9.50. The van der Waals surface area contributed by atoms with Crippen LogP contribution in [-0.4, -0.2) is 27.0 Å². The first kappa shape index (κ1) is 16.2. The van der Waals surface area contributed by atoms with Crippen LogP contribution in [0.4, 0.5) is 5.13 Å². The van der Waals surface area contributed by atoms with Gasteiger partial charge in [0, 0.05) is 28.3 Å². The molecular weight excluding hydrogens is 344 g/mol. The van der Waals surface area contributed by atoms with Gasteiger partial charge >= 0.3 is 0 Å². The summed E-state index contributed by atoms with van der Waals surface area (Å²) in [7, 11) is 0. The van der Waals surface area contributed by atoms with Crippen LogP contribution < -0.4 is 10.6 Å². The minimum atomic E-state index is -0.100. The van der Waals surface area contributed by atoms with Crippen molar-refractivity contribution in [2.24, 2.45) is 11.8 Å². The molecule has 136 valence electrons. The molecule has 0 saturated heterocycles.